The van der Waals surface area contributed by atoms with Crippen LogP contribution in [0.25, 0.3) is 0 Å². The Kier molecular flexibility index (Phi) is 5.03. The van der Waals surface area contributed by atoms with Crippen LogP contribution in [0.4, 0.5) is 5.13 Å². The molecule has 1 aromatic carbocycles. The summed E-state index contributed by atoms with van der Waals surface area (Å²) in [6.45, 7) is 4.11. The summed E-state index contributed by atoms with van der Waals surface area (Å²) in [5.41, 5.74) is 0.943. The topological polar surface area (TPSA) is 53.4 Å². The molecular weight excluding hydrogens is 292 g/mol. The molecule has 0 aliphatic rings. The summed E-state index contributed by atoms with van der Waals surface area (Å²) >= 11 is 3.09. The van der Waals surface area contributed by atoms with Crippen LogP contribution < -0.4 is 4.90 Å². The normalized spacial score (nSPS) is 10.5. The first-order valence-electron chi connectivity index (χ1n) is 6.24. The van der Waals surface area contributed by atoms with Crippen LogP contribution in [0.5, 0.6) is 5.75 Å². The highest BCUT2D eigenvalue weighted by atomic mass is 32.2. The van der Waals surface area contributed by atoms with E-state index in [-0.39, 0.29) is 11.7 Å². The van der Waals surface area contributed by atoms with E-state index in [4.69, 9.17) is 0 Å². The van der Waals surface area contributed by atoms with E-state index in [1.807, 2.05) is 24.4 Å². The number of aromatic hydroxyl groups is 1. The first-order valence-corrected chi connectivity index (χ1v) is 8.11. The number of nitrogens with zero attached hydrogens (tertiary/aromatic N) is 2. The molecule has 20 heavy (non-hydrogen) atoms. The van der Waals surface area contributed by atoms with E-state index in [0.717, 1.165) is 21.5 Å². The van der Waals surface area contributed by atoms with Gasteiger partial charge in [-0.25, -0.2) is 4.98 Å². The van der Waals surface area contributed by atoms with Crippen LogP contribution in [0.3, 0.4) is 0 Å². The van der Waals surface area contributed by atoms with Crippen LogP contribution in [0.1, 0.15) is 19.5 Å². The van der Waals surface area contributed by atoms with Crippen LogP contribution in [0, 0.1) is 0 Å². The van der Waals surface area contributed by atoms with Crippen molar-refractivity contribution < 1.29 is 9.90 Å². The quantitative estimate of drug-likeness (QED) is 0.859. The van der Waals surface area contributed by atoms with Gasteiger partial charge < -0.3 is 5.11 Å². The molecule has 0 bridgehead atoms. The zero-order chi connectivity index (χ0) is 14.5. The van der Waals surface area contributed by atoms with Crippen molar-refractivity contribution in [3.8, 4) is 5.75 Å². The molecule has 4 nitrogen and oxygen atoms in total. The minimum atomic E-state index is 0.00837. The summed E-state index contributed by atoms with van der Waals surface area (Å²) < 4.78 is 0. The molecule has 0 saturated heterocycles. The number of hydrogen-bond donors (Lipinski definition) is 1. The summed E-state index contributed by atoms with van der Waals surface area (Å²) in [4.78, 5) is 18.6. The number of thioether (sulfide) groups is 1. The lowest BCUT2D eigenvalue weighted by atomic mass is 10.3. The number of benzene rings is 1. The molecule has 2 aromatic rings. The number of anilines is 1. The third-order valence-corrected chi connectivity index (χ3v) is 4.61. The van der Waals surface area contributed by atoms with E-state index in [2.05, 4.69) is 4.98 Å². The van der Waals surface area contributed by atoms with Crippen LogP contribution in [0.2, 0.25) is 0 Å². The number of hydrogen-bond acceptors (Lipinski definition) is 5. The molecule has 1 amide bonds. The largest absolute Gasteiger partial charge is 0.508 e. The molecule has 1 heterocycles. The number of phenols is 1. The van der Waals surface area contributed by atoms with E-state index in [1.54, 1.807) is 35.7 Å². The van der Waals surface area contributed by atoms with Crippen LogP contribution >= 0.6 is 23.1 Å². The van der Waals surface area contributed by atoms with E-state index in [1.165, 1.54) is 11.3 Å². The molecule has 0 aliphatic carbocycles. The number of phenolic OH excluding ortho intramolecular Hbond substituents is 1. The maximum atomic E-state index is 11.5. The number of rotatable bonds is 5. The number of thiazole rings is 1. The van der Waals surface area contributed by atoms with Gasteiger partial charge in [0, 0.05) is 29.5 Å². The van der Waals surface area contributed by atoms with E-state index in [9.17, 15) is 9.90 Å². The highest BCUT2D eigenvalue weighted by Gasteiger charge is 2.13. The zero-order valence-electron chi connectivity index (χ0n) is 11.4. The van der Waals surface area contributed by atoms with Crippen molar-refractivity contribution in [3.63, 3.8) is 0 Å². The summed E-state index contributed by atoms with van der Waals surface area (Å²) in [5.74, 6) is 0.992. The molecule has 0 aliphatic heterocycles. The molecule has 0 saturated carbocycles. The Morgan fingerprint density at radius 2 is 2.30 bits per heavy atom. The number of amides is 1. The lowest BCUT2D eigenvalue weighted by Crippen LogP contribution is -2.27. The predicted octanol–water partition coefficient (Wildman–Crippen LogP) is 3.51. The van der Waals surface area contributed by atoms with Crippen molar-refractivity contribution in [2.24, 2.45) is 0 Å². The number of carbonyl (C=O) groups is 1. The second kappa shape index (κ2) is 6.76. The molecular formula is C14H16N2O2S2. The first-order chi connectivity index (χ1) is 9.60. The fourth-order valence-electron chi connectivity index (χ4n) is 1.71. The highest BCUT2D eigenvalue weighted by Crippen LogP contribution is 2.28. The van der Waals surface area contributed by atoms with E-state index in [0.29, 0.717) is 6.54 Å². The maximum Gasteiger partial charge on any atom is 0.225 e. The van der Waals surface area contributed by atoms with Gasteiger partial charge in [0.05, 0.1) is 5.69 Å². The summed E-state index contributed by atoms with van der Waals surface area (Å²) in [6, 6.07) is 7.15. The molecule has 0 fully saturated rings. The Labute approximate surface area is 126 Å². The maximum absolute atomic E-state index is 11.5. The minimum absolute atomic E-state index is 0.00837. The highest BCUT2D eigenvalue weighted by molar-refractivity contribution is 7.98. The summed E-state index contributed by atoms with van der Waals surface area (Å²) in [7, 11) is 0. The van der Waals surface area contributed by atoms with Gasteiger partial charge in [0.2, 0.25) is 5.91 Å². The van der Waals surface area contributed by atoms with Gasteiger partial charge in [-0.2, -0.15) is 0 Å². The molecule has 0 atom stereocenters. The lowest BCUT2D eigenvalue weighted by Gasteiger charge is -2.14. The lowest BCUT2D eigenvalue weighted by molar-refractivity contribution is -0.116. The minimum Gasteiger partial charge on any atom is -0.508 e. The predicted molar refractivity (Wildman–Crippen MR) is 83.5 cm³/mol. The Morgan fingerprint density at radius 3 is 2.95 bits per heavy atom. The van der Waals surface area contributed by atoms with E-state index >= 15 is 0 Å². The van der Waals surface area contributed by atoms with Gasteiger partial charge in [0.15, 0.2) is 5.13 Å². The average molecular weight is 308 g/mol. The van der Waals surface area contributed by atoms with Gasteiger partial charge in [-0.05, 0) is 25.1 Å². The molecule has 1 N–H and O–H groups in total. The number of carbonyl (C=O) groups excluding carboxylic acids is 1. The van der Waals surface area contributed by atoms with Crippen molar-refractivity contribution in [3.05, 3.63) is 35.3 Å². The molecule has 2 rings (SSSR count). The molecule has 0 radical (unpaired) electrons. The molecule has 0 spiro atoms. The van der Waals surface area contributed by atoms with Crippen molar-refractivity contribution >= 4 is 34.1 Å². The van der Waals surface area contributed by atoms with Crippen molar-refractivity contribution in [1.29, 1.82) is 0 Å². The van der Waals surface area contributed by atoms with Gasteiger partial charge >= 0.3 is 0 Å². The summed E-state index contributed by atoms with van der Waals surface area (Å²) in [5, 5.41) is 12.1. The Morgan fingerprint density at radius 1 is 1.50 bits per heavy atom. The zero-order valence-corrected chi connectivity index (χ0v) is 13.0. The number of aromatic nitrogens is 1. The van der Waals surface area contributed by atoms with Gasteiger partial charge in [-0.1, -0.05) is 6.07 Å². The third kappa shape index (κ3) is 3.74. The Bertz CT molecular complexity index is 598. The van der Waals surface area contributed by atoms with Crippen molar-refractivity contribution in [2.75, 3.05) is 11.4 Å². The monoisotopic (exact) mass is 308 g/mol. The van der Waals surface area contributed by atoms with Gasteiger partial charge in [-0.3, -0.25) is 9.69 Å². The van der Waals surface area contributed by atoms with E-state index < -0.39 is 0 Å². The Hall–Kier alpha value is -1.53. The fourth-order valence-corrected chi connectivity index (χ4v) is 3.59. The molecule has 0 unspecified atom stereocenters. The van der Waals surface area contributed by atoms with Crippen LogP contribution in [-0.4, -0.2) is 22.5 Å². The average Bonchev–Trinajstić information content (AvgIpc) is 2.85. The SMILES string of the molecule is CCN(C(C)=O)c1nc(CSc2cccc(O)c2)cs1. The van der Waals surface area contributed by atoms with Gasteiger partial charge in [0.1, 0.15) is 5.75 Å². The smallest absolute Gasteiger partial charge is 0.225 e. The second-order valence-corrected chi connectivity index (χ2v) is 6.06. The van der Waals surface area contributed by atoms with Crippen LogP contribution in [-0.2, 0) is 10.5 Å². The Balaban J connectivity index is 2.01. The second-order valence-electron chi connectivity index (χ2n) is 4.17. The standard InChI is InChI=1S/C14H16N2O2S2/c1-3-16(10(2)17)14-15-11(9-20-14)8-19-13-6-4-5-12(18)7-13/h4-7,9,18H,3,8H2,1-2H3. The third-order valence-electron chi connectivity index (χ3n) is 2.67. The van der Waals surface area contributed by atoms with Crippen molar-refractivity contribution in [1.82, 2.24) is 4.98 Å². The summed E-state index contributed by atoms with van der Waals surface area (Å²) in [6.07, 6.45) is 0. The van der Waals surface area contributed by atoms with Gasteiger partial charge in [-0.15, -0.1) is 23.1 Å². The molecule has 6 heteroatoms. The van der Waals surface area contributed by atoms with Crippen molar-refractivity contribution in [2.45, 2.75) is 24.5 Å². The fraction of sp³-hybridized carbons (Fsp3) is 0.286. The van der Waals surface area contributed by atoms with Crippen LogP contribution in [0.15, 0.2) is 34.5 Å². The molecule has 1 aromatic heterocycles. The molecule has 106 valence electrons. The van der Waals surface area contributed by atoms with Gasteiger partial charge in [0.25, 0.3) is 0 Å². The first kappa shape index (κ1) is 14.9.